The zero-order valence-electron chi connectivity index (χ0n) is 11.0. The number of hydrogen-bond acceptors (Lipinski definition) is 2. The molecule has 0 radical (unpaired) electrons. The number of furan rings is 1. The SMILES string of the molecule is Cc1ccc(CNC(c2ccc(F)cc2)C2CC2)o1. The molecule has 1 atom stereocenters. The van der Waals surface area contributed by atoms with Gasteiger partial charge < -0.3 is 9.73 Å². The molecule has 2 aromatic rings. The highest BCUT2D eigenvalue weighted by atomic mass is 19.1. The molecule has 1 heterocycles. The van der Waals surface area contributed by atoms with Crippen molar-refractivity contribution in [2.45, 2.75) is 32.4 Å². The zero-order valence-corrected chi connectivity index (χ0v) is 11.0. The number of hydrogen-bond donors (Lipinski definition) is 1. The van der Waals surface area contributed by atoms with Gasteiger partial charge in [0.05, 0.1) is 6.54 Å². The predicted octanol–water partition coefficient (Wildman–Crippen LogP) is 3.97. The third kappa shape index (κ3) is 3.04. The molecule has 1 aromatic carbocycles. The molecule has 0 saturated heterocycles. The standard InChI is InChI=1S/C16H18FNO/c1-11-2-9-15(19-11)10-18-16(12-3-4-12)13-5-7-14(17)8-6-13/h2,5-9,12,16,18H,3-4,10H2,1H3. The minimum Gasteiger partial charge on any atom is -0.465 e. The van der Waals surface area contributed by atoms with Crippen LogP contribution < -0.4 is 5.32 Å². The van der Waals surface area contributed by atoms with Crippen molar-refractivity contribution >= 4 is 0 Å². The lowest BCUT2D eigenvalue weighted by molar-refractivity contribution is 0.416. The van der Waals surface area contributed by atoms with Crippen LogP contribution in [0.4, 0.5) is 4.39 Å². The summed E-state index contributed by atoms with van der Waals surface area (Å²) >= 11 is 0. The Labute approximate surface area is 112 Å². The predicted molar refractivity (Wildman–Crippen MR) is 72.1 cm³/mol. The van der Waals surface area contributed by atoms with E-state index >= 15 is 0 Å². The maximum absolute atomic E-state index is 13.0. The first kappa shape index (κ1) is 12.4. The van der Waals surface area contributed by atoms with Crippen molar-refractivity contribution in [3.05, 3.63) is 59.3 Å². The van der Waals surface area contributed by atoms with Gasteiger partial charge in [-0.3, -0.25) is 0 Å². The van der Waals surface area contributed by atoms with E-state index in [1.54, 1.807) is 0 Å². The van der Waals surface area contributed by atoms with E-state index in [9.17, 15) is 4.39 Å². The molecule has 3 heteroatoms. The van der Waals surface area contributed by atoms with Crippen molar-refractivity contribution in [1.82, 2.24) is 5.32 Å². The van der Waals surface area contributed by atoms with Crippen LogP contribution in [0.25, 0.3) is 0 Å². The van der Waals surface area contributed by atoms with Crippen LogP contribution in [0.3, 0.4) is 0 Å². The van der Waals surface area contributed by atoms with Gasteiger partial charge in [-0.1, -0.05) is 12.1 Å². The van der Waals surface area contributed by atoms with E-state index in [0.717, 1.165) is 17.1 Å². The van der Waals surface area contributed by atoms with Gasteiger partial charge in [0.2, 0.25) is 0 Å². The average molecular weight is 259 g/mol. The Bertz CT molecular complexity index is 542. The van der Waals surface area contributed by atoms with Gasteiger partial charge in [0, 0.05) is 6.04 Å². The Morgan fingerprint density at radius 1 is 1.21 bits per heavy atom. The fraction of sp³-hybridized carbons (Fsp3) is 0.375. The van der Waals surface area contributed by atoms with Crippen molar-refractivity contribution in [1.29, 1.82) is 0 Å². The number of nitrogens with one attached hydrogen (secondary N) is 1. The van der Waals surface area contributed by atoms with Crippen LogP contribution >= 0.6 is 0 Å². The minimum atomic E-state index is -0.181. The summed E-state index contributed by atoms with van der Waals surface area (Å²) in [5, 5.41) is 3.53. The van der Waals surface area contributed by atoms with Crippen LogP contribution in [0.2, 0.25) is 0 Å². The van der Waals surface area contributed by atoms with Gasteiger partial charge in [0.1, 0.15) is 17.3 Å². The van der Waals surface area contributed by atoms with Crippen molar-refractivity contribution in [3.8, 4) is 0 Å². The lowest BCUT2D eigenvalue weighted by Crippen LogP contribution is -2.22. The van der Waals surface area contributed by atoms with Gasteiger partial charge in [-0.2, -0.15) is 0 Å². The quantitative estimate of drug-likeness (QED) is 0.879. The van der Waals surface area contributed by atoms with Crippen LogP contribution in [0, 0.1) is 18.7 Å². The summed E-state index contributed by atoms with van der Waals surface area (Å²) in [5.74, 6) is 2.37. The largest absolute Gasteiger partial charge is 0.465 e. The summed E-state index contributed by atoms with van der Waals surface area (Å²) in [7, 11) is 0. The Kier molecular flexibility index (Phi) is 3.38. The van der Waals surface area contributed by atoms with E-state index < -0.39 is 0 Å². The smallest absolute Gasteiger partial charge is 0.123 e. The maximum atomic E-state index is 13.0. The lowest BCUT2D eigenvalue weighted by atomic mass is 10.0. The molecule has 1 N–H and O–H groups in total. The molecule has 1 aromatic heterocycles. The van der Waals surface area contributed by atoms with Gasteiger partial charge in [0.15, 0.2) is 0 Å². The van der Waals surface area contributed by atoms with Gasteiger partial charge in [-0.25, -0.2) is 4.39 Å². The molecule has 100 valence electrons. The van der Waals surface area contributed by atoms with Crippen LogP contribution in [-0.4, -0.2) is 0 Å². The zero-order chi connectivity index (χ0) is 13.2. The van der Waals surface area contributed by atoms with E-state index in [0.29, 0.717) is 18.5 Å². The molecule has 0 spiro atoms. The molecule has 1 fully saturated rings. The topological polar surface area (TPSA) is 25.2 Å². The Balaban J connectivity index is 1.69. The fourth-order valence-corrected chi connectivity index (χ4v) is 2.45. The lowest BCUT2D eigenvalue weighted by Gasteiger charge is -2.18. The molecular weight excluding hydrogens is 241 g/mol. The van der Waals surface area contributed by atoms with Gasteiger partial charge in [-0.05, 0) is 55.5 Å². The van der Waals surface area contributed by atoms with Gasteiger partial charge in [-0.15, -0.1) is 0 Å². The Morgan fingerprint density at radius 2 is 1.95 bits per heavy atom. The molecule has 1 aliphatic carbocycles. The summed E-state index contributed by atoms with van der Waals surface area (Å²) in [6.07, 6.45) is 2.48. The number of aryl methyl sites for hydroxylation is 1. The van der Waals surface area contributed by atoms with E-state index in [-0.39, 0.29) is 5.82 Å². The van der Waals surface area contributed by atoms with Crippen molar-refractivity contribution in [3.63, 3.8) is 0 Å². The normalized spacial score (nSPS) is 16.5. The van der Waals surface area contributed by atoms with E-state index in [1.165, 1.54) is 25.0 Å². The summed E-state index contributed by atoms with van der Waals surface area (Å²) in [6, 6.07) is 11.1. The Hall–Kier alpha value is -1.61. The first-order valence-electron chi connectivity index (χ1n) is 6.76. The Morgan fingerprint density at radius 3 is 2.53 bits per heavy atom. The molecule has 3 rings (SSSR count). The van der Waals surface area contributed by atoms with Gasteiger partial charge >= 0.3 is 0 Å². The van der Waals surface area contributed by atoms with Crippen LogP contribution in [0.5, 0.6) is 0 Å². The fourth-order valence-electron chi connectivity index (χ4n) is 2.45. The summed E-state index contributed by atoms with van der Waals surface area (Å²) in [5.41, 5.74) is 1.16. The van der Waals surface area contributed by atoms with E-state index in [4.69, 9.17) is 4.42 Å². The second-order valence-corrected chi connectivity index (χ2v) is 5.26. The molecule has 19 heavy (non-hydrogen) atoms. The maximum Gasteiger partial charge on any atom is 0.123 e. The first-order chi connectivity index (χ1) is 9.22. The third-order valence-corrected chi connectivity index (χ3v) is 3.61. The second-order valence-electron chi connectivity index (χ2n) is 5.26. The van der Waals surface area contributed by atoms with Crippen molar-refractivity contribution in [2.24, 2.45) is 5.92 Å². The van der Waals surface area contributed by atoms with Crippen molar-refractivity contribution < 1.29 is 8.81 Å². The summed E-state index contributed by atoms with van der Waals surface area (Å²) in [6.45, 7) is 2.66. The summed E-state index contributed by atoms with van der Waals surface area (Å²) < 4.78 is 18.6. The second kappa shape index (κ2) is 5.17. The minimum absolute atomic E-state index is 0.181. The van der Waals surface area contributed by atoms with Gasteiger partial charge in [0.25, 0.3) is 0 Å². The first-order valence-corrected chi connectivity index (χ1v) is 6.76. The number of halogens is 1. The highest BCUT2D eigenvalue weighted by molar-refractivity contribution is 5.22. The molecule has 1 saturated carbocycles. The van der Waals surface area contributed by atoms with Crippen LogP contribution in [0.1, 0.15) is 36.0 Å². The molecule has 1 aliphatic rings. The van der Waals surface area contributed by atoms with Crippen molar-refractivity contribution in [2.75, 3.05) is 0 Å². The average Bonchev–Trinajstić information content (AvgIpc) is 3.15. The van der Waals surface area contributed by atoms with E-state index in [1.807, 2.05) is 31.2 Å². The third-order valence-electron chi connectivity index (χ3n) is 3.61. The van der Waals surface area contributed by atoms with Crippen LogP contribution in [-0.2, 0) is 6.54 Å². The number of benzene rings is 1. The molecule has 1 unspecified atom stereocenters. The molecule has 0 aliphatic heterocycles. The molecular formula is C16H18FNO. The monoisotopic (exact) mass is 259 g/mol. The number of rotatable bonds is 5. The molecule has 2 nitrogen and oxygen atoms in total. The highest BCUT2D eigenvalue weighted by Crippen LogP contribution is 2.41. The highest BCUT2D eigenvalue weighted by Gasteiger charge is 2.32. The molecule has 0 bridgehead atoms. The summed E-state index contributed by atoms with van der Waals surface area (Å²) in [4.78, 5) is 0. The van der Waals surface area contributed by atoms with Crippen LogP contribution in [0.15, 0.2) is 40.8 Å². The van der Waals surface area contributed by atoms with E-state index in [2.05, 4.69) is 5.32 Å². The molecule has 0 amide bonds.